The van der Waals surface area contributed by atoms with Crippen molar-refractivity contribution >= 4 is 17.1 Å². The first-order chi connectivity index (χ1) is 13.2. The molecule has 0 spiro atoms. The SMILES string of the molecule is N#Cc1cc(F)c(OC(F)(F)F)cc1OCc1nc2ccc(C(=O)O)cc2o1. The molecule has 0 aliphatic rings. The number of halogens is 4. The average molecular weight is 396 g/mol. The van der Waals surface area contributed by atoms with Crippen LogP contribution in [0.3, 0.4) is 0 Å². The normalized spacial score (nSPS) is 11.2. The van der Waals surface area contributed by atoms with E-state index in [0.717, 1.165) is 0 Å². The van der Waals surface area contributed by atoms with Crippen LogP contribution < -0.4 is 9.47 Å². The van der Waals surface area contributed by atoms with Gasteiger partial charge in [-0.1, -0.05) is 0 Å². The summed E-state index contributed by atoms with van der Waals surface area (Å²) in [5.74, 6) is -4.13. The summed E-state index contributed by atoms with van der Waals surface area (Å²) in [4.78, 5) is 15.0. The second-order valence-corrected chi connectivity index (χ2v) is 5.32. The number of aromatic carboxylic acids is 1. The van der Waals surface area contributed by atoms with E-state index in [4.69, 9.17) is 19.5 Å². The summed E-state index contributed by atoms with van der Waals surface area (Å²) in [6, 6.07) is 6.68. The Morgan fingerprint density at radius 2 is 2.00 bits per heavy atom. The number of rotatable bonds is 5. The van der Waals surface area contributed by atoms with Crippen molar-refractivity contribution in [2.75, 3.05) is 0 Å². The Morgan fingerprint density at radius 1 is 1.25 bits per heavy atom. The second kappa shape index (κ2) is 7.07. The third-order valence-corrected chi connectivity index (χ3v) is 3.41. The highest BCUT2D eigenvalue weighted by Gasteiger charge is 2.33. The Hall–Kier alpha value is -3.81. The van der Waals surface area contributed by atoms with Gasteiger partial charge in [-0.25, -0.2) is 14.2 Å². The molecule has 7 nitrogen and oxygen atoms in total. The minimum absolute atomic E-state index is 0.0321. The van der Waals surface area contributed by atoms with Gasteiger partial charge in [0.05, 0.1) is 11.1 Å². The van der Waals surface area contributed by atoms with E-state index in [9.17, 15) is 22.4 Å². The van der Waals surface area contributed by atoms with Gasteiger partial charge in [-0.05, 0) is 24.3 Å². The van der Waals surface area contributed by atoms with E-state index < -0.39 is 30.5 Å². The molecule has 0 saturated heterocycles. The Morgan fingerprint density at radius 3 is 2.64 bits per heavy atom. The van der Waals surface area contributed by atoms with Crippen LogP contribution in [-0.2, 0) is 6.61 Å². The number of benzene rings is 2. The molecule has 28 heavy (non-hydrogen) atoms. The van der Waals surface area contributed by atoms with Gasteiger partial charge in [-0.15, -0.1) is 13.2 Å². The van der Waals surface area contributed by atoms with Crippen molar-refractivity contribution in [3.63, 3.8) is 0 Å². The van der Waals surface area contributed by atoms with Gasteiger partial charge in [0.15, 0.2) is 23.8 Å². The first kappa shape index (κ1) is 19.0. The molecule has 1 heterocycles. The lowest BCUT2D eigenvalue weighted by molar-refractivity contribution is -0.275. The molecule has 0 radical (unpaired) electrons. The van der Waals surface area contributed by atoms with Crippen molar-refractivity contribution in [2.24, 2.45) is 0 Å². The molecule has 0 amide bonds. The Labute approximate surface area is 153 Å². The number of nitrogens with zero attached hydrogens (tertiary/aromatic N) is 2. The minimum Gasteiger partial charge on any atom is -0.482 e. The zero-order valence-corrected chi connectivity index (χ0v) is 13.6. The van der Waals surface area contributed by atoms with E-state index in [1.807, 2.05) is 0 Å². The van der Waals surface area contributed by atoms with Gasteiger partial charge in [0.1, 0.15) is 17.3 Å². The summed E-state index contributed by atoms with van der Waals surface area (Å²) >= 11 is 0. The number of fused-ring (bicyclic) bond motifs is 1. The van der Waals surface area contributed by atoms with Crippen molar-refractivity contribution in [3.05, 3.63) is 53.2 Å². The number of nitriles is 1. The van der Waals surface area contributed by atoms with Crippen LogP contribution >= 0.6 is 0 Å². The van der Waals surface area contributed by atoms with Gasteiger partial charge in [-0.2, -0.15) is 5.26 Å². The minimum atomic E-state index is -5.13. The molecule has 144 valence electrons. The Bertz CT molecular complexity index is 1100. The fraction of sp³-hybridized carbons (Fsp3) is 0.118. The summed E-state index contributed by atoms with van der Waals surface area (Å²) in [7, 11) is 0. The van der Waals surface area contributed by atoms with Crippen LogP contribution in [0.15, 0.2) is 34.7 Å². The standard InChI is InChI=1S/C17H8F4N2O5/c18-10-3-9(6-22)12(5-13(10)28-17(19,20)21)26-7-15-23-11-2-1-8(16(24)25)4-14(11)27-15/h1-5H,7H2,(H,24,25). The molecule has 11 heteroatoms. The third kappa shape index (κ3) is 4.12. The molecule has 0 fully saturated rings. The summed E-state index contributed by atoms with van der Waals surface area (Å²) in [5.41, 5.74) is 0.0789. The van der Waals surface area contributed by atoms with Crippen LogP contribution in [0.2, 0.25) is 0 Å². The zero-order valence-electron chi connectivity index (χ0n) is 13.6. The van der Waals surface area contributed by atoms with Gasteiger partial charge < -0.3 is 19.0 Å². The number of ether oxygens (including phenoxy) is 2. The van der Waals surface area contributed by atoms with E-state index in [0.29, 0.717) is 17.6 Å². The zero-order chi connectivity index (χ0) is 20.5. The van der Waals surface area contributed by atoms with Crippen LogP contribution in [0.4, 0.5) is 17.6 Å². The van der Waals surface area contributed by atoms with E-state index in [1.54, 1.807) is 6.07 Å². The van der Waals surface area contributed by atoms with E-state index in [-0.39, 0.29) is 28.4 Å². The van der Waals surface area contributed by atoms with Gasteiger partial charge in [0.25, 0.3) is 0 Å². The van der Waals surface area contributed by atoms with Gasteiger partial charge in [0.2, 0.25) is 5.89 Å². The molecule has 0 saturated carbocycles. The van der Waals surface area contributed by atoms with Crippen molar-refractivity contribution in [2.45, 2.75) is 13.0 Å². The van der Waals surface area contributed by atoms with E-state index >= 15 is 0 Å². The van der Waals surface area contributed by atoms with Gasteiger partial charge in [-0.3, -0.25) is 0 Å². The molecule has 1 aromatic heterocycles. The van der Waals surface area contributed by atoms with E-state index in [1.165, 1.54) is 18.2 Å². The number of aromatic nitrogens is 1. The maximum atomic E-state index is 13.6. The summed E-state index contributed by atoms with van der Waals surface area (Å²) in [6.45, 7) is -0.414. The van der Waals surface area contributed by atoms with Crippen LogP contribution in [-0.4, -0.2) is 22.4 Å². The molecular weight excluding hydrogens is 388 g/mol. The quantitative estimate of drug-likeness (QED) is 0.650. The van der Waals surface area contributed by atoms with Gasteiger partial charge in [0, 0.05) is 6.07 Å². The van der Waals surface area contributed by atoms with Crippen LogP contribution in [0.25, 0.3) is 11.1 Å². The number of hydrogen-bond acceptors (Lipinski definition) is 6. The maximum absolute atomic E-state index is 13.6. The van der Waals surface area contributed by atoms with Crippen LogP contribution in [0, 0.1) is 17.1 Å². The Kier molecular flexibility index (Phi) is 4.79. The number of carboxylic acid groups (broad SMARTS) is 1. The average Bonchev–Trinajstić information content (AvgIpc) is 3.02. The molecule has 0 unspecified atom stereocenters. The van der Waals surface area contributed by atoms with Crippen LogP contribution in [0.1, 0.15) is 21.8 Å². The topological polar surface area (TPSA) is 106 Å². The molecule has 0 atom stereocenters. The third-order valence-electron chi connectivity index (χ3n) is 3.41. The van der Waals surface area contributed by atoms with Gasteiger partial charge >= 0.3 is 12.3 Å². The number of oxazole rings is 1. The van der Waals surface area contributed by atoms with Crippen molar-refractivity contribution < 1.29 is 41.4 Å². The molecule has 3 aromatic rings. The van der Waals surface area contributed by atoms with Crippen molar-refractivity contribution in [1.82, 2.24) is 4.98 Å². The van der Waals surface area contributed by atoms with Crippen molar-refractivity contribution in [3.8, 4) is 17.6 Å². The predicted octanol–water partition coefficient (Wildman–Crippen LogP) is 4.01. The number of alkyl halides is 3. The Balaban J connectivity index is 1.85. The summed E-state index contributed by atoms with van der Waals surface area (Å²) in [5, 5.41) is 18.0. The molecular formula is C17H8F4N2O5. The summed E-state index contributed by atoms with van der Waals surface area (Å²) < 4.78 is 64.7. The molecule has 3 rings (SSSR count). The lowest BCUT2D eigenvalue weighted by atomic mass is 10.2. The summed E-state index contributed by atoms with van der Waals surface area (Å²) in [6.07, 6.45) is -5.13. The molecule has 0 aliphatic heterocycles. The molecule has 2 aromatic carbocycles. The van der Waals surface area contributed by atoms with E-state index in [2.05, 4.69) is 9.72 Å². The molecule has 0 bridgehead atoms. The fourth-order valence-corrected chi connectivity index (χ4v) is 2.25. The maximum Gasteiger partial charge on any atom is 0.573 e. The molecule has 0 aliphatic carbocycles. The highest BCUT2D eigenvalue weighted by atomic mass is 19.4. The first-order valence-corrected chi connectivity index (χ1v) is 7.41. The van der Waals surface area contributed by atoms with Crippen molar-refractivity contribution in [1.29, 1.82) is 5.26 Å². The predicted molar refractivity (Wildman–Crippen MR) is 83.1 cm³/mol. The monoisotopic (exact) mass is 396 g/mol. The highest BCUT2D eigenvalue weighted by Crippen LogP contribution is 2.32. The largest absolute Gasteiger partial charge is 0.573 e. The number of carbonyl (C=O) groups is 1. The first-order valence-electron chi connectivity index (χ1n) is 7.41. The highest BCUT2D eigenvalue weighted by molar-refractivity contribution is 5.91. The second-order valence-electron chi connectivity index (χ2n) is 5.32. The number of hydrogen-bond donors (Lipinski definition) is 1. The smallest absolute Gasteiger partial charge is 0.482 e. The molecule has 1 N–H and O–H groups in total. The van der Waals surface area contributed by atoms with Crippen LogP contribution in [0.5, 0.6) is 11.5 Å². The lowest BCUT2D eigenvalue weighted by Gasteiger charge is -2.12. The number of carboxylic acids is 1. The fourth-order valence-electron chi connectivity index (χ4n) is 2.25. The lowest BCUT2D eigenvalue weighted by Crippen LogP contribution is -2.18.